The van der Waals surface area contributed by atoms with Gasteiger partial charge in [0, 0.05) is 12.8 Å². The topological polar surface area (TPSA) is 289 Å². The fraction of sp³-hybridized carbons (Fsp3) is 0.918. The summed E-state index contributed by atoms with van der Waals surface area (Å²) in [6, 6.07) is 0. The van der Waals surface area contributed by atoms with Crippen molar-refractivity contribution in [2.45, 2.75) is 267 Å². The van der Waals surface area contributed by atoms with Gasteiger partial charge in [0.1, 0.15) is 67.6 Å². The van der Waals surface area contributed by atoms with Gasteiger partial charge in [0.05, 0.1) is 13.2 Å². The summed E-state index contributed by atoms with van der Waals surface area (Å²) in [5, 5.41) is 82.9. The monoisotopic (exact) mass is 999 g/mol. The Bertz CT molecular complexity index is 1370. The maximum absolute atomic E-state index is 13.4. The van der Waals surface area contributed by atoms with Gasteiger partial charge in [-0.15, -0.1) is 0 Å². The van der Waals surface area contributed by atoms with E-state index in [1.807, 2.05) is 0 Å². The van der Waals surface area contributed by atoms with Crippen LogP contribution in [-0.2, 0) is 42.1 Å². The highest BCUT2D eigenvalue weighted by Crippen LogP contribution is 2.48. The van der Waals surface area contributed by atoms with E-state index in [1.165, 1.54) is 103 Å². The van der Waals surface area contributed by atoms with Gasteiger partial charge in [0.2, 0.25) is 0 Å². The molecule has 0 spiro atoms. The molecular weight excluding hydrogens is 907 g/mol. The van der Waals surface area contributed by atoms with Crippen LogP contribution in [0.5, 0.6) is 0 Å². The van der Waals surface area contributed by atoms with Crippen LogP contribution in [0.15, 0.2) is 12.2 Å². The number of unbranched alkanes of at least 4 members (excludes halogenated alkanes) is 23. The molecule has 2 aliphatic rings. The Morgan fingerprint density at radius 3 is 1.47 bits per heavy atom. The van der Waals surface area contributed by atoms with Gasteiger partial charge >= 0.3 is 19.8 Å². The molecule has 400 valence electrons. The molecule has 0 radical (unpaired) electrons. The van der Waals surface area contributed by atoms with Crippen molar-refractivity contribution in [2.75, 3.05) is 19.8 Å². The standard InChI is InChI=1S/C49H91O18P/c1-3-5-7-9-11-13-15-17-19-21-23-25-27-29-31-38(51)62-34-36(64-39(52)32-30-28-26-24-22-20-18-16-14-12-10-8-6-4-2)35-63-68(60,61)67-48-45(58)43(56)42(55)44(57)47(48)66-49-46(59)41(54)40(53)37(33-50)65-49/h19,21,36-37,40-50,53-59H,3-18,20,22-35H2,1-2H3,(H,60,61). The van der Waals surface area contributed by atoms with Crippen molar-refractivity contribution in [2.24, 2.45) is 0 Å². The van der Waals surface area contributed by atoms with Crippen LogP contribution < -0.4 is 0 Å². The summed E-state index contributed by atoms with van der Waals surface area (Å²) in [7, 11) is -5.37. The number of phosphoric ester groups is 1. The quantitative estimate of drug-likeness (QED) is 0.0145. The van der Waals surface area contributed by atoms with Crippen molar-refractivity contribution in [3.63, 3.8) is 0 Å². The maximum Gasteiger partial charge on any atom is 0.472 e. The number of hydrogen-bond donors (Lipinski definition) is 9. The first-order valence-electron chi connectivity index (χ1n) is 26.0. The molecule has 13 atom stereocenters. The molecule has 2 rings (SSSR count). The largest absolute Gasteiger partial charge is 0.472 e. The summed E-state index contributed by atoms with van der Waals surface area (Å²) < 4.78 is 45.5. The van der Waals surface area contributed by atoms with E-state index in [4.69, 9.17) is 28.0 Å². The lowest BCUT2D eigenvalue weighted by Crippen LogP contribution is -2.67. The van der Waals surface area contributed by atoms with Gasteiger partial charge in [0.15, 0.2) is 12.4 Å². The number of aliphatic hydroxyl groups is 8. The average molecular weight is 999 g/mol. The number of carbonyl (C=O) groups is 2. The number of rotatable bonds is 40. The predicted octanol–water partition coefficient (Wildman–Crippen LogP) is 6.10. The Hall–Kier alpha value is -1.61. The van der Waals surface area contributed by atoms with Crippen molar-refractivity contribution in [3.05, 3.63) is 12.2 Å². The van der Waals surface area contributed by atoms with Gasteiger partial charge in [0.25, 0.3) is 0 Å². The predicted molar refractivity (Wildman–Crippen MR) is 254 cm³/mol. The lowest BCUT2D eigenvalue weighted by atomic mass is 9.84. The van der Waals surface area contributed by atoms with Crippen molar-refractivity contribution in [1.82, 2.24) is 0 Å². The summed E-state index contributed by atoms with van der Waals surface area (Å²) in [5.41, 5.74) is 0. The SMILES string of the molecule is CCCCCCCCCC=CCCCCCC(=O)OCC(COP(=O)(O)OC1C(O)C(O)C(O)C(O)C1OC1OC(CO)C(O)C(O)C1O)OC(=O)CCCCCCCCCCCCCCCC. The number of aliphatic hydroxyl groups excluding tert-OH is 8. The second kappa shape index (κ2) is 37.2. The Morgan fingerprint density at radius 1 is 0.544 bits per heavy atom. The molecule has 0 aromatic rings. The van der Waals surface area contributed by atoms with Crippen molar-refractivity contribution in [3.8, 4) is 0 Å². The second-order valence-corrected chi connectivity index (χ2v) is 20.1. The molecule has 0 bridgehead atoms. The summed E-state index contributed by atoms with van der Waals surface area (Å²) in [6.45, 7) is 2.22. The number of ether oxygens (including phenoxy) is 4. The molecule has 68 heavy (non-hydrogen) atoms. The molecule has 1 aliphatic heterocycles. The zero-order valence-corrected chi connectivity index (χ0v) is 42.0. The molecule has 2 fully saturated rings. The molecule has 0 aromatic carbocycles. The van der Waals surface area contributed by atoms with Crippen molar-refractivity contribution in [1.29, 1.82) is 0 Å². The van der Waals surface area contributed by atoms with Crippen LogP contribution >= 0.6 is 7.82 Å². The zero-order chi connectivity index (χ0) is 50.2. The third kappa shape index (κ3) is 25.7. The minimum Gasteiger partial charge on any atom is -0.462 e. The normalized spacial score (nSPS) is 27.8. The lowest BCUT2D eigenvalue weighted by molar-refractivity contribution is -0.338. The number of carbonyl (C=O) groups excluding carboxylic acids is 2. The average Bonchev–Trinajstić information content (AvgIpc) is 3.32. The molecule has 1 saturated carbocycles. The molecule has 13 unspecified atom stereocenters. The van der Waals surface area contributed by atoms with Gasteiger partial charge in [-0.05, 0) is 38.5 Å². The summed E-state index contributed by atoms with van der Waals surface area (Å²) in [5.74, 6) is -1.23. The number of phosphoric acid groups is 1. The van der Waals surface area contributed by atoms with E-state index >= 15 is 0 Å². The van der Waals surface area contributed by atoms with Crippen LogP contribution in [0, 0.1) is 0 Å². The van der Waals surface area contributed by atoms with Crippen molar-refractivity contribution < 1.29 is 87.9 Å². The van der Waals surface area contributed by atoms with E-state index in [0.717, 1.165) is 51.4 Å². The van der Waals surface area contributed by atoms with Gasteiger partial charge in [-0.3, -0.25) is 18.6 Å². The van der Waals surface area contributed by atoms with E-state index in [1.54, 1.807) is 0 Å². The number of allylic oxidation sites excluding steroid dienone is 2. The Balaban J connectivity index is 1.94. The first-order chi connectivity index (χ1) is 32.7. The Morgan fingerprint density at radius 2 is 0.971 bits per heavy atom. The van der Waals surface area contributed by atoms with Crippen molar-refractivity contribution >= 4 is 19.8 Å². The summed E-state index contributed by atoms with van der Waals surface area (Å²) in [4.78, 5) is 36.5. The van der Waals surface area contributed by atoms with Crippen LogP contribution in [0.1, 0.15) is 194 Å². The van der Waals surface area contributed by atoms with E-state index in [0.29, 0.717) is 12.8 Å². The molecule has 19 heteroatoms. The third-order valence-corrected chi connectivity index (χ3v) is 13.7. The Kier molecular flexibility index (Phi) is 34.2. The molecule has 9 N–H and O–H groups in total. The van der Waals surface area contributed by atoms with E-state index in [-0.39, 0.29) is 12.8 Å². The van der Waals surface area contributed by atoms with Gasteiger partial charge in [-0.2, -0.15) is 0 Å². The van der Waals surface area contributed by atoms with Crippen LogP contribution in [0.25, 0.3) is 0 Å². The smallest absolute Gasteiger partial charge is 0.462 e. The molecule has 0 aromatic heterocycles. The molecule has 1 heterocycles. The molecule has 0 amide bonds. The van der Waals surface area contributed by atoms with Gasteiger partial charge in [-0.25, -0.2) is 4.57 Å². The van der Waals surface area contributed by atoms with Crippen LogP contribution in [-0.4, -0.2) is 151 Å². The number of esters is 2. The fourth-order valence-corrected chi connectivity index (χ4v) is 9.37. The maximum atomic E-state index is 13.4. The highest BCUT2D eigenvalue weighted by molar-refractivity contribution is 7.47. The molecule has 1 saturated heterocycles. The zero-order valence-electron chi connectivity index (χ0n) is 41.1. The van der Waals surface area contributed by atoms with Gasteiger partial charge in [-0.1, -0.05) is 154 Å². The molecular formula is C49H91O18P. The third-order valence-electron chi connectivity index (χ3n) is 12.7. The molecule has 18 nitrogen and oxygen atoms in total. The summed E-state index contributed by atoms with van der Waals surface area (Å²) >= 11 is 0. The fourth-order valence-electron chi connectivity index (χ4n) is 8.40. The van der Waals surface area contributed by atoms with Gasteiger partial charge < -0.3 is 64.7 Å². The van der Waals surface area contributed by atoms with E-state index in [9.17, 15) is 59.9 Å². The minimum absolute atomic E-state index is 0.0343. The highest BCUT2D eigenvalue weighted by Gasteiger charge is 2.55. The first-order valence-corrected chi connectivity index (χ1v) is 27.5. The van der Waals surface area contributed by atoms with Crippen LogP contribution in [0.4, 0.5) is 0 Å². The van der Waals surface area contributed by atoms with E-state index in [2.05, 4.69) is 26.0 Å². The highest BCUT2D eigenvalue weighted by atomic mass is 31.2. The molecule has 1 aliphatic carbocycles. The summed E-state index contributed by atoms with van der Waals surface area (Å²) in [6.07, 6.45) is 10.1. The first kappa shape index (κ1) is 62.5. The van der Waals surface area contributed by atoms with E-state index < -0.39 is 113 Å². The lowest BCUT2D eigenvalue weighted by Gasteiger charge is -2.47. The van der Waals surface area contributed by atoms with Crippen LogP contribution in [0.2, 0.25) is 0 Å². The Labute approximate surface area is 405 Å². The second-order valence-electron chi connectivity index (χ2n) is 18.7. The minimum atomic E-state index is -5.37. The van der Waals surface area contributed by atoms with Crippen LogP contribution in [0.3, 0.4) is 0 Å². The number of hydrogen-bond acceptors (Lipinski definition) is 17.